The van der Waals surface area contributed by atoms with E-state index in [0.29, 0.717) is 76.0 Å². The number of carbonyl (C=O) groups excluding carboxylic acids is 1. The van der Waals surface area contributed by atoms with E-state index in [9.17, 15) is 9.18 Å². The highest BCUT2D eigenvalue weighted by Crippen LogP contribution is 2.15. The Balaban J connectivity index is 1.19. The van der Waals surface area contributed by atoms with Crippen molar-refractivity contribution in [2.45, 2.75) is 13.1 Å². The van der Waals surface area contributed by atoms with Crippen LogP contribution >= 0.6 is 0 Å². The molecule has 226 valence electrons. The molecule has 4 rings (SSSR count). The first-order valence-electron chi connectivity index (χ1n) is 13.9. The molecule has 0 aliphatic heterocycles. The number of hydrogen-bond donors (Lipinski definition) is 4. The summed E-state index contributed by atoms with van der Waals surface area (Å²) in [7, 11) is 1.63. The highest BCUT2D eigenvalue weighted by Gasteiger charge is 2.08. The molecule has 1 heterocycles. The molecule has 1 aromatic heterocycles. The van der Waals surface area contributed by atoms with Crippen LogP contribution in [0.2, 0.25) is 0 Å². The van der Waals surface area contributed by atoms with Crippen molar-refractivity contribution in [3.8, 4) is 5.75 Å². The third kappa shape index (κ3) is 11.2. The van der Waals surface area contributed by atoms with Crippen molar-refractivity contribution in [2.24, 2.45) is 0 Å². The van der Waals surface area contributed by atoms with Crippen LogP contribution in [0.5, 0.6) is 5.75 Å². The standard InChI is InChI=1S/C31H36FN7O4/c1-41-27-13-9-24(10-14-27)22-36-31-38-29(37-30(39-31)35-21-23-7-11-26(32)12-8-23)34-16-18-43-20-19-42-17-15-33-28(40)25-5-3-2-4-6-25/h2-14H,15-22H2,1H3,(H,33,40)(H3,34,35,36,37,38,39). The van der Waals surface area contributed by atoms with Crippen molar-refractivity contribution in [1.29, 1.82) is 0 Å². The summed E-state index contributed by atoms with van der Waals surface area (Å²) in [6.45, 7) is 3.42. The van der Waals surface area contributed by atoms with Crippen LogP contribution in [0.3, 0.4) is 0 Å². The Bertz CT molecular complexity index is 1390. The van der Waals surface area contributed by atoms with Gasteiger partial charge in [-0.3, -0.25) is 4.79 Å². The zero-order chi connectivity index (χ0) is 30.1. The summed E-state index contributed by atoms with van der Waals surface area (Å²) >= 11 is 0. The lowest BCUT2D eigenvalue weighted by Crippen LogP contribution is -2.27. The van der Waals surface area contributed by atoms with Gasteiger partial charge in [0.15, 0.2) is 0 Å². The summed E-state index contributed by atoms with van der Waals surface area (Å²) < 4.78 is 29.6. The molecule has 0 fully saturated rings. The van der Waals surface area contributed by atoms with Crippen molar-refractivity contribution < 1.29 is 23.4 Å². The molecule has 0 aliphatic carbocycles. The Hall–Kier alpha value is -4.81. The molecule has 0 radical (unpaired) electrons. The fourth-order valence-corrected chi connectivity index (χ4v) is 3.81. The van der Waals surface area contributed by atoms with Gasteiger partial charge < -0.3 is 35.5 Å². The summed E-state index contributed by atoms with van der Waals surface area (Å²) in [6.07, 6.45) is 0. The Morgan fingerprint density at radius 3 is 1.79 bits per heavy atom. The van der Waals surface area contributed by atoms with E-state index in [1.165, 1.54) is 12.1 Å². The van der Waals surface area contributed by atoms with Gasteiger partial charge in [-0.05, 0) is 47.5 Å². The highest BCUT2D eigenvalue weighted by molar-refractivity contribution is 5.94. The summed E-state index contributed by atoms with van der Waals surface area (Å²) in [5.74, 6) is 1.50. The number of aromatic nitrogens is 3. The van der Waals surface area contributed by atoms with Crippen LogP contribution in [-0.2, 0) is 22.6 Å². The van der Waals surface area contributed by atoms with Gasteiger partial charge in [-0.1, -0.05) is 42.5 Å². The number of halogens is 1. The van der Waals surface area contributed by atoms with Gasteiger partial charge in [0, 0.05) is 31.7 Å². The molecular formula is C31H36FN7O4. The molecular weight excluding hydrogens is 553 g/mol. The SMILES string of the molecule is COc1ccc(CNc2nc(NCCOCCOCCNC(=O)c3ccccc3)nc(NCc3ccc(F)cc3)n2)cc1. The molecule has 3 aromatic carbocycles. The summed E-state index contributed by atoms with van der Waals surface area (Å²) in [4.78, 5) is 25.4. The number of nitrogens with zero attached hydrogens (tertiary/aromatic N) is 3. The fourth-order valence-electron chi connectivity index (χ4n) is 3.81. The molecule has 11 nitrogen and oxygen atoms in total. The van der Waals surface area contributed by atoms with Gasteiger partial charge in [-0.25, -0.2) is 4.39 Å². The van der Waals surface area contributed by atoms with E-state index < -0.39 is 0 Å². The number of methoxy groups -OCH3 is 1. The second-order valence-electron chi connectivity index (χ2n) is 9.26. The quantitative estimate of drug-likeness (QED) is 0.126. The van der Waals surface area contributed by atoms with Crippen molar-refractivity contribution in [3.63, 3.8) is 0 Å². The number of benzene rings is 3. The van der Waals surface area contributed by atoms with Gasteiger partial charge in [0.25, 0.3) is 5.91 Å². The average Bonchev–Trinajstić information content (AvgIpc) is 3.05. The lowest BCUT2D eigenvalue weighted by Gasteiger charge is -2.12. The van der Waals surface area contributed by atoms with Gasteiger partial charge in [0.2, 0.25) is 17.8 Å². The fraction of sp³-hybridized carbons (Fsp3) is 0.290. The van der Waals surface area contributed by atoms with Crippen molar-refractivity contribution in [3.05, 3.63) is 101 Å². The third-order valence-corrected chi connectivity index (χ3v) is 6.08. The topological polar surface area (TPSA) is 132 Å². The number of carbonyl (C=O) groups is 1. The minimum atomic E-state index is -0.290. The Kier molecular flexibility index (Phi) is 12.5. The molecule has 0 atom stereocenters. The van der Waals surface area contributed by atoms with E-state index in [1.807, 2.05) is 42.5 Å². The van der Waals surface area contributed by atoms with Crippen molar-refractivity contribution in [2.75, 3.05) is 62.6 Å². The molecule has 0 aliphatic rings. The number of amides is 1. The molecule has 0 bridgehead atoms. The van der Waals surface area contributed by atoms with E-state index in [4.69, 9.17) is 14.2 Å². The van der Waals surface area contributed by atoms with Gasteiger partial charge in [-0.15, -0.1) is 0 Å². The van der Waals surface area contributed by atoms with E-state index in [0.717, 1.165) is 16.9 Å². The maximum atomic E-state index is 13.3. The van der Waals surface area contributed by atoms with Crippen molar-refractivity contribution in [1.82, 2.24) is 20.3 Å². The molecule has 0 saturated heterocycles. The van der Waals surface area contributed by atoms with Gasteiger partial charge in [-0.2, -0.15) is 15.0 Å². The number of nitrogens with one attached hydrogen (secondary N) is 4. The smallest absolute Gasteiger partial charge is 0.251 e. The average molecular weight is 590 g/mol. The van der Waals surface area contributed by atoms with Gasteiger partial charge >= 0.3 is 0 Å². The summed E-state index contributed by atoms with van der Waals surface area (Å²) in [6, 6.07) is 23.0. The van der Waals surface area contributed by atoms with E-state index in [1.54, 1.807) is 31.4 Å². The molecule has 43 heavy (non-hydrogen) atoms. The molecule has 4 N–H and O–H groups in total. The lowest BCUT2D eigenvalue weighted by atomic mass is 10.2. The zero-order valence-corrected chi connectivity index (χ0v) is 24.0. The second kappa shape index (κ2) is 17.2. The number of hydrogen-bond acceptors (Lipinski definition) is 10. The van der Waals surface area contributed by atoms with Crippen LogP contribution in [0, 0.1) is 5.82 Å². The number of rotatable bonds is 18. The lowest BCUT2D eigenvalue weighted by molar-refractivity contribution is 0.0519. The van der Waals surface area contributed by atoms with Crippen LogP contribution < -0.4 is 26.0 Å². The molecule has 0 spiro atoms. The van der Waals surface area contributed by atoms with Crippen LogP contribution in [-0.4, -0.2) is 67.5 Å². The summed E-state index contributed by atoms with van der Waals surface area (Å²) in [5, 5.41) is 12.4. The van der Waals surface area contributed by atoms with Crippen LogP contribution in [0.25, 0.3) is 0 Å². The van der Waals surface area contributed by atoms with Crippen molar-refractivity contribution >= 4 is 23.8 Å². The van der Waals surface area contributed by atoms with Crippen LogP contribution in [0.15, 0.2) is 78.9 Å². The predicted molar refractivity (Wildman–Crippen MR) is 163 cm³/mol. The second-order valence-corrected chi connectivity index (χ2v) is 9.26. The Morgan fingerprint density at radius 1 is 0.674 bits per heavy atom. The van der Waals surface area contributed by atoms with Crippen LogP contribution in [0.4, 0.5) is 22.2 Å². The Morgan fingerprint density at radius 2 is 1.21 bits per heavy atom. The maximum Gasteiger partial charge on any atom is 0.251 e. The molecule has 4 aromatic rings. The van der Waals surface area contributed by atoms with Gasteiger partial charge in [0.05, 0.1) is 33.5 Å². The van der Waals surface area contributed by atoms with Crippen LogP contribution in [0.1, 0.15) is 21.5 Å². The largest absolute Gasteiger partial charge is 0.497 e. The highest BCUT2D eigenvalue weighted by atomic mass is 19.1. The van der Waals surface area contributed by atoms with E-state index >= 15 is 0 Å². The van der Waals surface area contributed by atoms with E-state index in [2.05, 4.69) is 36.2 Å². The first-order valence-corrected chi connectivity index (χ1v) is 13.9. The molecule has 0 unspecified atom stereocenters. The zero-order valence-electron chi connectivity index (χ0n) is 24.0. The van der Waals surface area contributed by atoms with Gasteiger partial charge in [0.1, 0.15) is 11.6 Å². The monoisotopic (exact) mass is 589 g/mol. The summed E-state index contributed by atoms with van der Waals surface area (Å²) in [5.41, 5.74) is 2.54. The minimum Gasteiger partial charge on any atom is -0.497 e. The molecule has 12 heteroatoms. The number of anilines is 3. The maximum absolute atomic E-state index is 13.3. The van der Waals surface area contributed by atoms with E-state index in [-0.39, 0.29) is 11.7 Å². The minimum absolute atomic E-state index is 0.127. The molecule has 0 saturated carbocycles. The predicted octanol–water partition coefficient (Wildman–Crippen LogP) is 4.12. The number of ether oxygens (including phenoxy) is 3. The first kappa shape index (κ1) is 31.1. The third-order valence-electron chi connectivity index (χ3n) is 6.08. The first-order chi connectivity index (χ1) is 21.1. The normalized spacial score (nSPS) is 10.7. The Labute approximate surface area is 250 Å². The molecule has 1 amide bonds.